The summed E-state index contributed by atoms with van der Waals surface area (Å²) < 4.78 is 29.1. The van der Waals surface area contributed by atoms with Crippen LogP contribution in [-0.2, 0) is 38.1 Å². The van der Waals surface area contributed by atoms with E-state index in [0.717, 1.165) is 18.4 Å². The second-order valence-electron chi connectivity index (χ2n) is 20.7. The van der Waals surface area contributed by atoms with Crippen LogP contribution in [0, 0.1) is 35.5 Å². The van der Waals surface area contributed by atoms with Gasteiger partial charge in [-0.15, -0.1) is 0 Å². The number of ether oxygens (including phenoxy) is 4. The largest absolute Gasteiger partial charge is 0.461 e. The molecule has 1 aromatic rings. The van der Waals surface area contributed by atoms with E-state index in [9.17, 15) is 34.5 Å². The highest BCUT2D eigenvalue weighted by atomic mass is 16.6. The third-order valence-corrected chi connectivity index (χ3v) is 15.5. The number of aromatic nitrogens is 1. The lowest BCUT2D eigenvalue weighted by molar-refractivity contribution is -0.263. The van der Waals surface area contributed by atoms with Crippen LogP contribution in [0.4, 0.5) is 5.69 Å². The Hall–Kier alpha value is -4.03. The smallest absolute Gasteiger partial charge is 0.329 e. The summed E-state index contributed by atoms with van der Waals surface area (Å²) in [7, 11) is 3.03. The van der Waals surface area contributed by atoms with Crippen molar-refractivity contribution in [2.45, 2.75) is 179 Å². The molecular weight excluding hydrogens is 873 g/mol. The number of anilines is 1. The fraction of sp³-hybridized carbons (Fsp3) is 0.712. The number of fused-ring (bicyclic) bond motifs is 5. The average molecular weight is 951 g/mol. The summed E-state index contributed by atoms with van der Waals surface area (Å²) in [6.45, 7) is 9.38. The molecule has 0 aromatic carbocycles. The molecule has 1 saturated carbocycles. The van der Waals surface area contributed by atoms with Gasteiger partial charge in [0.2, 0.25) is 5.79 Å². The van der Waals surface area contributed by atoms with E-state index in [1.54, 1.807) is 33.2 Å². The van der Waals surface area contributed by atoms with E-state index in [1.165, 1.54) is 18.3 Å². The first kappa shape index (κ1) is 53.3. The summed E-state index contributed by atoms with van der Waals surface area (Å²) in [5.41, 5.74) is 8.76. The molecular formula is C52H78N4O12. The number of esters is 1. The number of rotatable bonds is 6. The maximum atomic E-state index is 14.4. The van der Waals surface area contributed by atoms with Crippen LogP contribution in [0.15, 0.2) is 64.6 Å². The molecule has 16 nitrogen and oxygen atoms in total. The zero-order valence-corrected chi connectivity index (χ0v) is 41.2. The first-order valence-corrected chi connectivity index (χ1v) is 24.9. The molecule has 6 N–H and O–H groups in total. The van der Waals surface area contributed by atoms with Crippen molar-refractivity contribution in [2.75, 3.05) is 26.1 Å². The van der Waals surface area contributed by atoms with Gasteiger partial charge in [0.1, 0.15) is 30.6 Å². The Bertz CT molecular complexity index is 1990. The standard InChI is InChI=1S/C52H78N4O12/c1-30-11-9-8-10-12-31(2)41(55-39-28-54-66-29-39)27-40-16-13-34(5)52(63,68-40)49(60)50(61)56-20-19-36-24-37(23-35-14-17-43(57)45(26-35)64-6)44(67-51(62)42(56)25-36)18-15-38(53)22-33(4)47(59)48(65-7)46(58)32(3)21-30/h8-12,22,28-30,32,34-38,40-45,47-48,55,57,59,63H,13-21,23-27,53H2,1-7H3/b10-8+,11-9+,31-12+,33-22+/t30-,32-,34-,35+,36?,37?,38+,40?,41?,42+,43-,44+,45-,47-,48+,52-/m1/s1. The molecule has 4 aliphatic heterocycles. The summed E-state index contributed by atoms with van der Waals surface area (Å²) in [6, 6.07) is -1.96. The minimum Gasteiger partial charge on any atom is -0.461 e. The number of ketones is 2. The Labute approximate surface area is 402 Å². The molecule has 378 valence electrons. The molecule has 0 radical (unpaired) electrons. The quantitative estimate of drug-likeness (QED) is 0.130. The van der Waals surface area contributed by atoms with E-state index in [1.807, 2.05) is 51.2 Å². The number of piperidine rings is 1. The minimum atomic E-state index is -2.42. The summed E-state index contributed by atoms with van der Waals surface area (Å²) in [5, 5.41) is 41.4. The number of hydrogen-bond donors (Lipinski definition) is 5. The van der Waals surface area contributed by atoms with E-state index in [4.69, 9.17) is 29.2 Å². The van der Waals surface area contributed by atoms with Gasteiger partial charge in [-0.1, -0.05) is 68.0 Å². The number of aliphatic hydroxyl groups excluding tert-OH is 2. The van der Waals surface area contributed by atoms with Crippen LogP contribution in [0.5, 0.6) is 0 Å². The maximum Gasteiger partial charge on any atom is 0.329 e. The molecule has 16 heteroatoms. The second kappa shape index (κ2) is 24.2. The van der Waals surface area contributed by atoms with E-state index in [-0.39, 0.29) is 48.1 Å². The van der Waals surface area contributed by atoms with Crippen molar-refractivity contribution in [1.82, 2.24) is 10.1 Å². The third kappa shape index (κ3) is 13.2. The van der Waals surface area contributed by atoms with E-state index in [2.05, 4.69) is 10.5 Å². The molecule has 4 fully saturated rings. The monoisotopic (exact) mass is 951 g/mol. The Morgan fingerprint density at radius 3 is 2.40 bits per heavy atom. The SMILES string of the molecule is CO[C@@H]1C[C@H](CC2CC3CCN4C(=O)C(=O)[C@]5(O)OC(CC[C@H]5C)CC(Nc5cnoc5)/C(C)=C/C=C/C=C/[C@@H](C)C[C@@H](C)C(=O)[C@H](OC)[C@H](O)/C(C)=C/[C@@H](N)CC[C@@H]2OC(=O)[C@@H]4C3)CC[C@H]1O. The van der Waals surface area contributed by atoms with Crippen molar-refractivity contribution in [3.8, 4) is 0 Å². The molecule has 5 aliphatic rings. The number of nitrogens with zero attached hydrogens (tertiary/aromatic N) is 2. The third-order valence-electron chi connectivity index (χ3n) is 15.5. The van der Waals surface area contributed by atoms with Crippen LogP contribution in [0.2, 0.25) is 0 Å². The van der Waals surface area contributed by atoms with Gasteiger partial charge in [-0.05, 0) is 127 Å². The number of nitrogens with one attached hydrogen (secondary N) is 1. The van der Waals surface area contributed by atoms with Crippen molar-refractivity contribution in [1.29, 1.82) is 0 Å². The zero-order chi connectivity index (χ0) is 49.3. The molecule has 1 amide bonds. The molecule has 4 unspecified atom stereocenters. The molecule has 16 atom stereocenters. The van der Waals surface area contributed by atoms with Gasteiger partial charge in [0, 0.05) is 44.7 Å². The van der Waals surface area contributed by atoms with Crippen molar-refractivity contribution in [2.24, 2.45) is 41.2 Å². The predicted molar refractivity (Wildman–Crippen MR) is 254 cm³/mol. The fourth-order valence-electron chi connectivity index (χ4n) is 11.3. The van der Waals surface area contributed by atoms with Crippen LogP contribution in [-0.4, -0.2) is 130 Å². The normalized spacial score (nSPS) is 41.4. The molecule has 3 saturated heterocycles. The molecule has 5 bridgehead atoms. The fourth-order valence-corrected chi connectivity index (χ4v) is 11.3. The number of allylic oxidation sites excluding steroid dienone is 5. The lowest BCUT2D eigenvalue weighted by Gasteiger charge is -2.45. The second-order valence-corrected chi connectivity index (χ2v) is 20.7. The Morgan fingerprint density at radius 2 is 1.68 bits per heavy atom. The van der Waals surface area contributed by atoms with Gasteiger partial charge in [-0.3, -0.25) is 14.4 Å². The number of carbonyl (C=O) groups excluding carboxylic acids is 4. The maximum absolute atomic E-state index is 14.4. The summed E-state index contributed by atoms with van der Waals surface area (Å²) >= 11 is 0. The summed E-state index contributed by atoms with van der Waals surface area (Å²) in [4.78, 5) is 58.3. The van der Waals surface area contributed by atoms with Crippen LogP contribution >= 0.6 is 0 Å². The van der Waals surface area contributed by atoms with E-state index in [0.29, 0.717) is 81.9 Å². The highest BCUT2D eigenvalue weighted by Crippen LogP contribution is 2.42. The lowest BCUT2D eigenvalue weighted by atomic mass is 9.73. The summed E-state index contributed by atoms with van der Waals surface area (Å²) in [6.07, 6.45) is 17.1. The highest BCUT2D eigenvalue weighted by molar-refractivity contribution is 6.39. The van der Waals surface area contributed by atoms with Crippen molar-refractivity contribution in [3.63, 3.8) is 0 Å². The highest BCUT2D eigenvalue weighted by Gasteiger charge is 2.54. The molecule has 68 heavy (non-hydrogen) atoms. The van der Waals surface area contributed by atoms with Gasteiger partial charge < -0.3 is 54.7 Å². The average Bonchev–Trinajstić information content (AvgIpc) is 3.83. The number of aliphatic hydroxyl groups is 3. The Kier molecular flexibility index (Phi) is 19.0. The zero-order valence-electron chi connectivity index (χ0n) is 41.2. The van der Waals surface area contributed by atoms with E-state index < -0.39 is 77.9 Å². The predicted octanol–water partition coefficient (Wildman–Crippen LogP) is 5.76. The Morgan fingerprint density at radius 1 is 0.897 bits per heavy atom. The van der Waals surface area contributed by atoms with Gasteiger partial charge in [-0.25, -0.2) is 4.79 Å². The van der Waals surface area contributed by atoms with Crippen molar-refractivity contribution in [3.05, 3.63) is 60.1 Å². The van der Waals surface area contributed by atoms with Crippen molar-refractivity contribution >= 4 is 29.1 Å². The number of hydrogen-bond acceptors (Lipinski definition) is 15. The Balaban J connectivity index is 1.31. The van der Waals surface area contributed by atoms with E-state index >= 15 is 0 Å². The first-order valence-electron chi connectivity index (χ1n) is 24.9. The number of methoxy groups -OCH3 is 2. The van der Waals surface area contributed by atoms with Crippen molar-refractivity contribution < 1.29 is 58.0 Å². The number of nitrogens with two attached hydrogens (primary N) is 1. The number of carbonyl (C=O) groups is 4. The van der Waals surface area contributed by atoms with Crippen LogP contribution in [0.3, 0.4) is 0 Å². The molecule has 5 heterocycles. The van der Waals surface area contributed by atoms with Gasteiger partial charge in [0.25, 0.3) is 11.7 Å². The van der Waals surface area contributed by atoms with Crippen LogP contribution < -0.4 is 11.1 Å². The summed E-state index contributed by atoms with van der Waals surface area (Å²) in [5.74, 6) is -6.20. The first-order chi connectivity index (χ1) is 32.4. The lowest BCUT2D eigenvalue weighted by Crippen LogP contribution is -2.61. The number of Topliss-reactive ketones (excluding diaryl/α,β-unsaturated/α-hetero) is 2. The molecule has 6 rings (SSSR count). The number of amides is 1. The van der Waals surface area contributed by atoms with Gasteiger partial charge >= 0.3 is 5.97 Å². The topological polar surface area (TPSA) is 233 Å². The van der Waals surface area contributed by atoms with Gasteiger partial charge in [0.05, 0.1) is 30.2 Å². The molecule has 0 spiro atoms. The van der Waals surface area contributed by atoms with Crippen LogP contribution in [0.25, 0.3) is 0 Å². The minimum absolute atomic E-state index is 0.0289. The molecule has 1 aliphatic carbocycles. The van der Waals surface area contributed by atoms with Crippen LogP contribution in [0.1, 0.15) is 118 Å². The van der Waals surface area contributed by atoms with Gasteiger partial charge in [-0.2, -0.15) is 0 Å². The molecule has 1 aromatic heterocycles. The van der Waals surface area contributed by atoms with Gasteiger partial charge in [0.15, 0.2) is 5.78 Å².